The molecule has 1 fully saturated rings. The van der Waals surface area contributed by atoms with Gasteiger partial charge in [-0.05, 0) is 12.8 Å². The van der Waals surface area contributed by atoms with E-state index in [0.717, 1.165) is 12.8 Å². The van der Waals surface area contributed by atoms with Crippen LogP contribution in [0.1, 0.15) is 18.7 Å². The summed E-state index contributed by atoms with van der Waals surface area (Å²) in [5, 5.41) is 0. The van der Waals surface area contributed by atoms with Gasteiger partial charge in [-0.25, -0.2) is 9.97 Å². The highest BCUT2D eigenvalue weighted by Gasteiger charge is 2.35. The first-order valence-electron chi connectivity index (χ1n) is 4.93. The van der Waals surface area contributed by atoms with Gasteiger partial charge in [0.25, 0.3) is 0 Å². The summed E-state index contributed by atoms with van der Waals surface area (Å²) in [6.07, 6.45) is -2.62. The van der Waals surface area contributed by atoms with Crippen LogP contribution in [0.2, 0.25) is 0 Å². The summed E-state index contributed by atoms with van der Waals surface area (Å²) in [5.41, 5.74) is 5.35. The highest BCUT2D eigenvalue weighted by atomic mass is 19.4. The van der Waals surface area contributed by atoms with Crippen molar-refractivity contribution >= 4 is 11.6 Å². The smallest absolute Gasteiger partial charge is 0.384 e. The number of alkyl halides is 3. The molecule has 0 saturated carbocycles. The van der Waals surface area contributed by atoms with Crippen LogP contribution in [0, 0.1) is 0 Å². The van der Waals surface area contributed by atoms with Gasteiger partial charge in [-0.2, -0.15) is 13.2 Å². The highest BCUT2D eigenvalue weighted by Crippen LogP contribution is 2.29. The molecule has 0 aliphatic carbocycles. The average Bonchev–Trinajstić information content (AvgIpc) is 2.68. The summed E-state index contributed by atoms with van der Waals surface area (Å²) in [6, 6.07) is 1.38. The number of aromatic nitrogens is 2. The lowest BCUT2D eigenvalue weighted by Gasteiger charge is -2.17. The van der Waals surface area contributed by atoms with Crippen LogP contribution >= 0.6 is 0 Å². The molecule has 0 unspecified atom stereocenters. The molecule has 1 saturated heterocycles. The Morgan fingerprint density at radius 1 is 1.19 bits per heavy atom. The van der Waals surface area contributed by atoms with E-state index in [9.17, 15) is 13.2 Å². The number of hydrogen-bond donors (Lipinski definition) is 1. The van der Waals surface area contributed by atoms with Crippen LogP contribution in [0.15, 0.2) is 6.07 Å². The molecule has 0 bridgehead atoms. The summed E-state index contributed by atoms with van der Waals surface area (Å²) in [4.78, 5) is 8.47. The Balaban J connectivity index is 2.35. The zero-order valence-electron chi connectivity index (χ0n) is 8.46. The summed E-state index contributed by atoms with van der Waals surface area (Å²) in [5.74, 6) is -1.06. The number of hydrogen-bond acceptors (Lipinski definition) is 4. The largest absolute Gasteiger partial charge is 0.451 e. The van der Waals surface area contributed by atoms with E-state index in [1.807, 2.05) is 0 Å². The van der Waals surface area contributed by atoms with Crippen molar-refractivity contribution in [1.29, 1.82) is 0 Å². The average molecular weight is 232 g/mol. The topological polar surface area (TPSA) is 55.0 Å². The Bertz CT molecular complexity index is 385. The van der Waals surface area contributed by atoms with Gasteiger partial charge in [0, 0.05) is 19.2 Å². The normalized spacial score (nSPS) is 16.8. The van der Waals surface area contributed by atoms with Crippen molar-refractivity contribution < 1.29 is 13.2 Å². The molecule has 2 N–H and O–H groups in total. The predicted molar refractivity (Wildman–Crippen MR) is 52.9 cm³/mol. The minimum Gasteiger partial charge on any atom is -0.384 e. The predicted octanol–water partition coefficient (Wildman–Crippen LogP) is 1.68. The minimum absolute atomic E-state index is 0.149. The molecule has 0 radical (unpaired) electrons. The SMILES string of the molecule is Nc1cc(N2CCCC2)nc(C(F)(F)F)n1. The Kier molecular flexibility index (Phi) is 2.61. The van der Waals surface area contributed by atoms with Gasteiger partial charge in [0.15, 0.2) is 0 Å². The molecule has 1 aliphatic heterocycles. The molecule has 2 rings (SSSR count). The maximum atomic E-state index is 12.4. The molecular formula is C9H11F3N4. The van der Waals surface area contributed by atoms with Gasteiger partial charge in [-0.1, -0.05) is 0 Å². The lowest BCUT2D eigenvalue weighted by Crippen LogP contribution is -2.22. The van der Waals surface area contributed by atoms with Gasteiger partial charge in [0.05, 0.1) is 0 Å². The standard InChI is InChI=1S/C9H11F3N4/c10-9(11,12)8-14-6(13)5-7(15-8)16-3-1-2-4-16/h5H,1-4H2,(H2,13,14,15). The van der Waals surface area contributed by atoms with Crippen LogP contribution in [0.3, 0.4) is 0 Å². The van der Waals surface area contributed by atoms with Crippen molar-refractivity contribution in [3.8, 4) is 0 Å². The van der Waals surface area contributed by atoms with Crippen molar-refractivity contribution in [1.82, 2.24) is 9.97 Å². The molecule has 88 valence electrons. The molecule has 16 heavy (non-hydrogen) atoms. The Labute approximate surface area is 90.3 Å². The third-order valence-electron chi connectivity index (χ3n) is 2.42. The number of nitrogens with two attached hydrogens (primary N) is 1. The van der Waals surface area contributed by atoms with Gasteiger partial charge in [0.1, 0.15) is 11.6 Å². The quantitative estimate of drug-likeness (QED) is 0.800. The summed E-state index contributed by atoms with van der Waals surface area (Å²) >= 11 is 0. The Hall–Kier alpha value is -1.53. The van der Waals surface area contributed by atoms with Crippen molar-refractivity contribution in [2.45, 2.75) is 19.0 Å². The highest BCUT2D eigenvalue weighted by molar-refractivity contribution is 5.47. The third kappa shape index (κ3) is 2.17. The number of nitrogen functional groups attached to an aromatic ring is 1. The van der Waals surface area contributed by atoms with Gasteiger partial charge < -0.3 is 10.6 Å². The molecule has 1 aliphatic rings. The summed E-state index contributed by atoms with van der Waals surface area (Å²) in [7, 11) is 0. The summed E-state index contributed by atoms with van der Waals surface area (Å²) < 4.78 is 37.3. The number of nitrogens with zero attached hydrogens (tertiary/aromatic N) is 3. The Morgan fingerprint density at radius 3 is 2.38 bits per heavy atom. The first kappa shape index (κ1) is 11.0. The van der Waals surface area contributed by atoms with E-state index in [0.29, 0.717) is 13.1 Å². The van der Waals surface area contributed by atoms with E-state index in [1.165, 1.54) is 6.07 Å². The van der Waals surface area contributed by atoms with Crippen molar-refractivity contribution in [2.24, 2.45) is 0 Å². The first-order valence-corrected chi connectivity index (χ1v) is 4.93. The zero-order chi connectivity index (χ0) is 11.8. The fourth-order valence-corrected chi connectivity index (χ4v) is 1.69. The molecule has 7 heteroatoms. The van der Waals surface area contributed by atoms with Crippen molar-refractivity contribution in [3.63, 3.8) is 0 Å². The van der Waals surface area contributed by atoms with Gasteiger partial charge in [-0.15, -0.1) is 0 Å². The van der Waals surface area contributed by atoms with Gasteiger partial charge >= 0.3 is 6.18 Å². The molecular weight excluding hydrogens is 221 g/mol. The van der Waals surface area contributed by atoms with Crippen molar-refractivity contribution in [2.75, 3.05) is 23.7 Å². The third-order valence-corrected chi connectivity index (χ3v) is 2.42. The van der Waals surface area contributed by atoms with E-state index in [2.05, 4.69) is 9.97 Å². The fourth-order valence-electron chi connectivity index (χ4n) is 1.69. The van der Waals surface area contributed by atoms with E-state index in [1.54, 1.807) is 4.90 Å². The zero-order valence-corrected chi connectivity index (χ0v) is 8.46. The monoisotopic (exact) mass is 232 g/mol. The molecule has 1 aromatic heterocycles. The van der Waals surface area contributed by atoms with Crippen LogP contribution in [0.4, 0.5) is 24.8 Å². The second-order valence-electron chi connectivity index (χ2n) is 3.67. The lowest BCUT2D eigenvalue weighted by molar-refractivity contribution is -0.144. The molecule has 0 atom stereocenters. The number of halogens is 3. The van der Waals surface area contributed by atoms with E-state index in [-0.39, 0.29) is 11.6 Å². The molecule has 1 aromatic rings. The van der Waals surface area contributed by atoms with Gasteiger partial charge in [-0.3, -0.25) is 0 Å². The van der Waals surface area contributed by atoms with Gasteiger partial charge in [0.2, 0.25) is 5.82 Å². The first-order chi connectivity index (χ1) is 7.47. The second kappa shape index (κ2) is 3.80. The fraction of sp³-hybridized carbons (Fsp3) is 0.556. The van der Waals surface area contributed by atoms with E-state index < -0.39 is 12.0 Å². The van der Waals surface area contributed by atoms with Crippen LogP contribution in [-0.4, -0.2) is 23.1 Å². The Morgan fingerprint density at radius 2 is 1.81 bits per heavy atom. The number of anilines is 2. The lowest BCUT2D eigenvalue weighted by atomic mass is 10.4. The van der Waals surface area contributed by atoms with Crippen LogP contribution in [0.5, 0.6) is 0 Å². The maximum Gasteiger partial charge on any atom is 0.451 e. The maximum absolute atomic E-state index is 12.4. The molecule has 4 nitrogen and oxygen atoms in total. The van der Waals surface area contributed by atoms with E-state index in [4.69, 9.17) is 5.73 Å². The molecule has 2 heterocycles. The van der Waals surface area contributed by atoms with Crippen LogP contribution in [0.25, 0.3) is 0 Å². The van der Waals surface area contributed by atoms with Crippen molar-refractivity contribution in [3.05, 3.63) is 11.9 Å². The minimum atomic E-state index is -4.55. The van der Waals surface area contributed by atoms with Crippen LogP contribution < -0.4 is 10.6 Å². The number of rotatable bonds is 1. The van der Waals surface area contributed by atoms with E-state index >= 15 is 0 Å². The summed E-state index contributed by atoms with van der Waals surface area (Å²) in [6.45, 7) is 1.43. The molecule has 0 aromatic carbocycles. The molecule has 0 amide bonds. The molecule has 0 spiro atoms. The second-order valence-corrected chi connectivity index (χ2v) is 3.67. The van der Waals surface area contributed by atoms with Crippen LogP contribution in [-0.2, 0) is 6.18 Å².